The maximum absolute atomic E-state index is 5.29. The van der Waals surface area contributed by atoms with Crippen LogP contribution in [0.5, 0.6) is 0 Å². The van der Waals surface area contributed by atoms with Crippen molar-refractivity contribution in [1.82, 2.24) is 0 Å². The number of hydrogen-bond acceptors (Lipinski definition) is 13. The smallest absolute Gasteiger partial charge is 0.169 e. The average Bonchev–Trinajstić information content (AvgIpc) is 3.56. The number of ether oxygens (including phenoxy) is 8. The van der Waals surface area contributed by atoms with Gasteiger partial charge in [-0.3, -0.25) is 0 Å². The van der Waals surface area contributed by atoms with Crippen LogP contribution < -0.4 is 28.7 Å². The molecule has 1 aliphatic rings. The highest BCUT2D eigenvalue weighted by Crippen LogP contribution is 2.08. The van der Waals surface area contributed by atoms with Gasteiger partial charge in [-0.2, -0.15) is 0 Å². The fourth-order valence-corrected chi connectivity index (χ4v) is 2.66. The molecular formula is C32H79N5O8. The lowest BCUT2D eigenvalue weighted by molar-refractivity contribution is -0.128. The Morgan fingerprint density at radius 1 is 0.556 bits per heavy atom. The monoisotopic (exact) mass is 662 g/mol. The van der Waals surface area contributed by atoms with Gasteiger partial charge in [0.15, 0.2) is 12.6 Å². The lowest BCUT2D eigenvalue weighted by Gasteiger charge is -2.13. The van der Waals surface area contributed by atoms with E-state index in [-0.39, 0.29) is 12.6 Å². The summed E-state index contributed by atoms with van der Waals surface area (Å²) in [5.41, 5.74) is 25.9. The minimum atomic E-state index is -0.208. The lowest BCUT2D eigenvalue weighted by Crippen LogP contribution is -2.26. The van der Waals surface area contributed by atoms with Gasteiger partial charge in [-0.25, -0.2) is 0 Å². The van der Waals surface area contributed by atoms with Crippen molar-refractivity contribution in [2.75, 3.05) is 105 Å². The van der Waals surface area contributed by atoms with E-state index in [2.05, 4.69) is 20.8 Å². The van der Waals surface area contributed by atoms with Crippen LogP contribution >= 0.6 is 0 Å². The van der Waals surface area contributed by atoms with Gasteiger partial charge < -0.3 is 66.6 Å². The molecule has 1 rings (SSSR count). The summed E-state index contributed by atoms with van der Waals surface area (Å²) in [6.45, 7) is 27.4. The molecule has 13 nitrogen and oxygen atoms in total. The molecule has 0 radical (unpaired) electrons. The second-order valence-corrected chi connectivity index (χ2v) is 9.39. The third-order valence-electron chi connectivity index (χ3n) is 4.60. The van der Waals surface area contributed by atoms with Crippen LogP contribution in [0.1, 0.15) is 87.5 Å². The molecule has 1 fully saturated rings. The predicted octanol–water partition coefficient (Wildman–Crippen LogP) is 2.99. The molecule has 0 bridgehead atoms. The zero-order chi connectivity index (χ0) is 35.2. The normalized spacial score (nSPS) is 12.1. The van der Waals surface area contributed by atoms with Gasteiger partial charge in [0.2, 0.25) is 0 Å². The first kappa shape index (κ1) is 53.9. The molecule has 0 aliphatic carbocycles. The Labute approximate surface area is 278 Å². The summed E-state index contributed by atoms with van der Waals surface area (Å²) < 4.78 is 40.6. The Bertz CT molecular complexity index is 422. The van der Waals surface area contributed by atoms with Gasteiger partial charge in [0.05, 0.1) is 39.1 Å². The van der Waals surface area contributed by atoms with Crippen molar-refractivity contribution in [2.45, 2.75) is 106 Å². The van der Waals surface area contributed by atoms with Gasteiger partial charge in [0.1, 0.15) is 0 Å². The van der Waals surface area contributed by atoms with Crippen LogP contribution in [0.4, 0.5) is 0 Å². The molecule has 10 N–H and O–H groups in total. The van der Waals surface area contributed by atoms with Gasteiger partial charge in [0.25, 0.3) is 0 Å². The number of hydrogen-bond donors (Lipinski definition) is 5. The van der Waals surface area contributed by atoms with Crippen LogP contribution in [-0.4, -0.2) is 124 Å². The summed E-state index contributed by atoms with van der Waals surface area (Å²) in [6.07, 6.45) is 5.58. The quantitative estimate of drug-likeness (QED) is 0.0837. The van der Waals surface area contributed by atoms with Crippen molar-refractivity contribution >= 4 is 0 Å². The van der Waals surface area contributed by atoms with Crippen LogP contribution in [0.2, 0.25) is 0 Å². The highest BCUT2D eigenvalue weighted by atomic mass is 16.7. The zero-order valence-corrected chi connectivity index (χ0v) is 30.7. The first-order chi connectivity index (χ1) is 21.8. The van der Waals surface area contributed by atoms with Gasteiger partial charge in [-0.05, 0) is 66.8 Å². The molecule has 13 heteroatoms. The average molecular weight is 662 g/mol. The van der Waals surface area contributed by atoms with Crippen molar-refractivity contribution in [2.24, 2.45) is 28.7 Å². The molecule has 1 saturated heterocycles. The van der Waals surface area contributed by atoms with E-state index < -0.39 is 0 Å². The molecule has 0 saturated carbocycles. The van der Waals surface area contributed by atoms with E-state index in [1.54, 1.807) is 0 Å². The summed E-state index contributed by atoms with van der Waals surface area (Å²) >= 11 is 0. The molecule has 0 unspecified atom stereocenters. The molecule has 0 atom stereocenters. The molecule has 45 heavy (non-hydrogen) atoms. The topological polar surface area (TPSA) is 204 Å². The second kappa shape index (κ2) is 55.9. The zero-order valence-electron chi connectivity index (χ0n) is 30.7. The largest absolute Gasteiger partial charge is 0.381 e. The highest BCUT2D eigenvalue weighted by Gasteiger charge is 2.13. The molecule has 0 spiro atoms. The number of nitrogens with two attached hydrogens (primary N) is 5. The Morgan fingerprint density at radius 3 is 1.36 bits per heavy atom. The Hall–Kier alpha value is -0.520. The molecule has 1 aliphatic heterocycles. The molecule has 0 aromatic heterocycles. The number of rotatable bonds is 22. The molecule has 280 valence electrons. The molecule has 0 aromatic rings. The minimum Gasteiger partial charge on any atom is -0.381 e. The van der Waals surface area contributed by atoms with E-state index in [1.807, 2.05) is 34.6 Å². The molecular weight excluding hydrogens is 582 g/mol. The predicted molar refractivity (Wildman–Crippen MR) is 187 cm³/mol. The van der Waals surface area contributed by atoms with Crippen LogP contribution in [0.3, 0.4) is 0 Å². The third kappa shape index (κ3) is 66.7. The molecule has 0 amide bonds. The summed E-state index contributed by atoms with van der Waals surface area (Å²) in [7, 11) is 0. The maximum atomic E-state index is 5.29. The standard InChI is InChI=1S/C6H15NO2.C6H15NO.C6H12O2.2C5H13NO.C4H11NO/c1-3-8-6(5-7)9-4-2;1-2-5-8-6-3-4-7;1-2-3-6-7-4-5-8-6;1-5(2)7-4-3-6;1-2-4-7-5-3-6;1-2-6-4-3-5/h6H,3-5,7H2,1-2H3;2-7H2,1H3;6H,2-5H2,1H3;5H,3-4,6H2,1-2H3;2-6H2,1H3;2-5H2,1H3. The second-order valence-electron chi connectivity index (χ2n) is 9.39. The Kier molecular flexibility index (Phi) is 67.0. The van der Waals surface area contributed by atoms with Gasteiger partial charge in [-0.1, -0.05) is 27.2 Å². The minimum absolute atomic E-state index is 0.111. The Morgan fingerprint density at radius 2 is 1.04 bits per heavy atom. The molecule has 1 heterocycles. The SMILES string of the molecule is CC(C)OCCN.CCCC1OCCO1.CCCOCCCN.CCCOCCN.CCOC(CN)OCC.CCOCCN. The highest BCUT2D eigenvalue weighted by molar-refractivity contribution is 4.49. The van der Waals surface area contributed by atoms with E-state index in [4.69, 9.17) is 66.6 Å². The summed E-state index contributed by atoms with van der Waals surface area (Å²) in [6, 6.07) is 0. The van der Waals surface area contributed by atoms with E-state index in [1.165, 1.54) is 0 Å². The van der Waals surface area contributed by atoms with Gasteiger partial charge in [-0.15, -0.1) is 0 Å². The van der Waals surface area contributed by atoms with Crippen LogP contribution in [0.25, 0.3) is 0 Å². The summed E-state index contributed by atoms with van der Waals surface area (Å²) in [5.74, 6) is 0. The van der Waals surface area contributed by atoms with E-state index >= 15 is 0 Å². The summed E-state index contributed by atoms with van der Waals surface area (Å²) in [5, 5.41) is 0. The van der Waals surface area contributed by atoms with E-state index in [0.29, 0.717) is 65.3 Å². The summed E-state index contributed by atoms with van der Waals surface area (Å²) in [4.78, 5) is 0. The fraction of sp³-hybridized carbons (Fsp3) is 1.00. The van der Waals surface area contributed by atoms with Crippen molar-refractivity contribution < 1.29 is 37.9 Å². The first-order valence-electron chi connectivity index (χ1n) is 17.1. The van der Waals surface area contributed by atoms with Gasteiger partial charge in [0, 0.05) is 65.8 Å². The Balaban J connectivity index is -0.000000143. The molecule has 0 aromatic carbocycles. The maximum Gasteiger partial charge on any atom is 0.169 e. The fourth-order valence-electron chi connectivity index (χ4n) is 2.66. The van der Waals surface area contributed by atoms with Crippen molar-refractivity contribution in [3.8, 4) is 0 Å². The van der Waals surface area contributed by atoms with Crippen molar-refractivity contribution in [1.29, 1.82) is 0 Å². The first-order valence-corrected chi connectivity index (χ1v) is 17.1. The van der Waals surface area contributed by atoms with Crippen molar-refractivity contribution in [3.05, 3.63) is 0 Å². The van der Waals surface area contributed by atoms with E-state index in [0.717, 1.165) is 78.3 Å². The van der Waals surface area contributed by atoms with E-state index in [9.17, 15) is 0 Å². The van der Waals surface area contributed by atoms with Crippen molar-refractivity contribution in [3.63, 3.8) is 0 Å². The van der Waals surface area contributed by atoms with Gasteiger partial charge >= 0.3 is 0 Å². The van der Waals surface area contributed by atoms with Crippen LogP contribution in [0, 0.1) is 0 Å². The van der Waals surface area contributed by atoms with Crippen LogP contribution in [-0.2, 0) is 37.9 Å². The van der Waals surface area contributed by atoms with Crippen LogP contribution in [0.15, 0.2) is 0 Å². The third-order valence-corrected chi connectivity index (χ3v) is 4.60. The lowest BCUT2D eigenvalue weighted by atomic mass is 10.3.